The van der Waals surface area contributed by atoms with E-state index < -0.39 is 8.07 Å². The fraction of sp³-hybridized carbons (Fsp3) is 0. The molecule has 51 heavy (non-hydrogen) atoms. The Labute approximate surface area is 294 Å². The van der Waals surface area contributed by atoms with Crippen LogP contribution in [-0.2, 0) is 0 Å². The molecule has 0 radical (unpaired) electrons. The number of benzene rings is 7. The van der Waals surface area contributed by atoms with Crippen molar-refractivity contribution < 1.29 is 4.42 Å². The number of fused-ring (bicyclic) bond motifs is 9. The molecule has 4 heterocycles. The maximum atomic E-state index is 6.39. The predicted octanol–water partition coefficient (Wildman–Crippen LogP) is 8.50. The highest BCUT2D eigenvalue weighted by molar-refractivity contribution is 7.21. The molecule has 0 fully saturated rings. The van der Waals surface area contributed by atoms with Crippen LogP contribution in [0.25, 0.3) is 72.1 Å². The van der Waals surface area contributed by atoms with Crippen molar-refractivity contribution in [3.63, 3.8) is 0 Å². The molecule has 1 aliphatic heterocycles. The predicted molar refractivity (Wildman–Crippen MR) is 212 cm³/mol. The van der Waals surface area contributed by atoms with Gasteiger partial charge in [-0.15, -0.1) is 0 Å². The van der Waals surface area contributed by atoms with E-state index in [4.69, 9.17) is 14.4 Å². The zero-order valence-corrected chi connectivity index (χ0v) is 28.5. The SMILES string of the molecule is c1ccc(-c2nc(-n3c4ccccc4c4cc5oc6ccccc6c5cc43)nc3c2-c2ccccc2[Si]3(c2ccccc2)c2ccccc2)cc1. The number of nitrogens with zero attached hydrogens (tertiary/aromatic N) is 3. The zero-order valence-electron chi connectivity index (χ0n) is 27.5. The second-order valence-corrected chi connectivity index (χ2v) is 17.0. The molecule has 0 bridgehead atoms. The molecule has 238 valence electrons. The maximum Gasteiger partial charge on any atom is 0.235 e. The van der Waals surface area contributed by atoms with Crippen molar-refractivity contribution >= 4 is 72.7 Å². The molecule has 1 aliphatic rings. The second-order valence-electron chi connectivity index (χ2n) is 13.3. The van der Waals surface area contributed by atoms with Gasteiger partial charge in [0.2, 0.25) is 14.0 Å². The Balaban J connectivity index is 1.33. The largest absolute Gasteiger partial charge is 0.456 e. The fourth-order valence-electron chi connectivity index (χ4n) is 8.57. The Bertz CT molecular complexity index is 2930. The number of hydrogen-bond donors (Lipinski definition) is 0. The first-order valence-corrected chi connectivity index (χ1v) is 19.3. The fourth-order valence-corrected chi connectivity index (χ4v) is 13.6. The van der Waals surface area contributed by atoms with Gasteiger partial charge in [-0.05, 0) is 45.4 Å². The normalized spacial score (nSPS) is 13.3. The average molecular weight is 668 g/mol. The van der Waals surface area contributed by atoms with E-state index in [1.54, 1.807) is 0 Å². The molecule has 0 spiro atoms. The topological polar surface area (TPSA) is 43.9 Å². The lowest BCUT2D eigenvalue weighted by molar-refractivity contribution is 0.669. The number of hydrogen-bond acceptors (Lipinski definition) is 3. The monoisotopic (exact) mass is 667 g/mol. The van der Waals surface area contributed by atoms with Crippen LogP contribution in [0.5, 0.6) is 0 Å². The van der Waals surface area contributed by atoms with Crippen LogP contribution in [0.3, 0.4) is 0 Å². The van der Waals surface area contributed by atoms with Crippen LogP contribution in [0.15, 0.2) is 180 Å². The molecule has 0 unspecified atom stereocenters. The summed E-state index contributed by atoms with van der Waals surface area (Å²) in [5.41, 5.74) is 8.24. The Morgan fingerprint density at radius 2 is 1.10 bits per heavy atom. The molecule has 11 rings (SSSR count). The van der Waals surface area contributed by atoms with Gasteiger partial charge < -0.3 is 4.42 Å². The molecule has 0 atom stereocenters. The van der Waals surface area contributed by atoms with Crippen molar-refractivity contribution in [2.75, 3.05) is 0 Å². The number of para-hydroxylation sites is 2. The van der Waals surface area contributed by atoms with E-state index in [-0.39, 0.29) is 0 Å². The highest BCUT2D eigenvalue weighted by Gasteiger charge is 2.51. The van der Waals surface area contributed by atoms with Gasteiger partial charge in [-0.1, -0.05) is 152 Å². The lowest BCUT2D eigenvalue weighted by Crippen LogP contribution is -2.73. The van der Waals surface area contributed by atoms with Gasteiger partial charge in [-0.3, -0.25) is 4.57 Å². The summed E-state index contributed by atoms with van der Waals surface area (Å²) in [5, 5.41) is 9.50. The van der Waals surface area contributed by atoms with Crippen LogP contribution in [-0.4, -0.2) is 22.6 Å². The number of furan rings is 1. The van der Waals surface area contributed by atoms with Crippen LogP contribution in [0.1, 0.15) is 0 Å². The Kier molecular flexibility index (Phi) is 5.95. The summed E-state index contributed by atoms with van der Waals surface area (Å²) in [6, 6.07) is 63.0. The molecular formula is C46H29N3OSi. The zero-order chi connectivity index (χ0) is 33.5. The third kappa shape index (κ3) is 3.89. The molecule has 4 nitrogen and oxygen atoms in total. The summed E-state index contributed by atoms with van der Waals surface area (Å²) in [7, 11) is -2.92. The number of rotatable bonds is 4. The van der Waals surface area contributed by atoms with Crippen LogP contribution in [0.2, 0.25) is 0 Å². The van der Waals surface area contributed by atoms with E-state index in [0.717, 1.165) is 65.9 Å². The van der Waals surface area contributed by atoms with Crippen LogP contribution in [0, 0.1) is 0 Å². The quantitative estimate of drug-likeness (QED) is 0.177. The van der Waals surface area contributed by atoms with E-state index in [0.29, 0.717) is 5.95 Å². The van der Waals surface area contributed by atoms with E-state index in [1.165, 1.54) is 21.1 Å². The van der Waals surface area contributed by atoms with Crippen molar-refractivity contribution in [1.82, 2.24) is 14.5 Å². The smallest absolute Gasteiger partial charge is 0.235 e. The van der Waals surface area contributed by atoms with E-state index in [9.17, 15) is 0 Å². The summed E-state index contributed by atoms with van der Waals surface area (Å²) in [4.78, 5) is 11.4. The van der Waals surface area contributed by atoms with Gasteiger partial charge in [0.05, 0.1) is 22.0 Å². The summed E-state index contributed by atoms with van der Waals surface area (Å²) in [6.07, 6.45) is 0. The second kappa shape index (κ2) is 10.7. The summed E-state index contributed by atoms with van der Waals surface area (Å²) >= 11 is 0. The molecule has 0 amide bonds. The third-order valence-corrected chi connectivity index (χ3v) is 15.4. The standard InChI is InChI=1S/C46H29N3OSi/c1-4-16-30(17-5-1)44-43-35-24-12-15-27-42(35)51(31-18-6-2-7-19-31,32-20-8-3-9-21-32)45(43)48-46(47-44)49-38-25-13-10-22-33(38)36-29-41-37(28-39(36)49)34-23-11-14-26-40(34)50-41/h1-29H. The van der Waals surface area contributed by atoms with E-state index in [2.05, 4.69) is 168 Å². The summed E-state index contributed by atoms with van der Waals surface area (Å²) in [5.74, 6) is 0.669. The van der Waals surface area contributed by atoms with Gasteiger partial charge >= 0.3 is 0 Å². The Hall–Kier alpha value is -6.56. The van der Waals surface area contributed by atoms with Crippen LogP contribution in [0.4, 0.5) is 0 Å². The molecule has 10 aromatic rings. The molecule has 3 aromatic heterocycles. The average Bonchev–Trinajstić information content (AvgIpc) is 3.83. The Morgan fingerprint density at radius 1 is 0.471 bits per heavy atom. The molecule has 0 N–H and O–H groups in total. The minimum absolute atomic E-state index is 0.669. The molecular weight excluding hydrogens is 639 g/mol. The Morgan fingerprint density at radius 3 is 1.86 bits per heavy atom. The summed E-state index contributed by atoms with van der Waals surface area (Å²) < 4.78 is 8.66. The van der Waals surface area contributed by atoms with Gasteiger partial charge in [0.1, 0.15) is 11.2 Å². The molecule has 0 aliphatic carbocycles. The number of aromatic nitrogens is 3. The highest BCUT2D eigenvalue weighted by atomic mass is 28.3. The van der Waals surface area contributed by atoms with Gasteiger partial charge in [-0.25, -0.2) is 9.97 Å². The van der Waals surface area contributed by atoms with Gasteiger partial charge in [0.15, 0.2) is 0 Å². The first-order valence-electron chi connectivity index (χ1n) is 17.3. The van der Waals surface area contributed by atoms with Crippen molar-refractivity contribution in [2.24, 2.45) is 0 Å². The third-order valence-electron chi connectivity index (χ3n) is 10.7. The molecule has 5 heteroatoms. The van der Waals surface area contributed by atoms with Gasteiger partial charge in [0.25, 0.3) is 0 Å². The molecule has 0 saturated carbocycles. The molecule has 0 saturated heterocycles. The first kappa shape index (κ1) is 28.3. The van der Waals surface area contributed by atoms with Crippen molar-refractivity contribution in [3.05, 3.63) is 176 Å². The molecule has 7 aromatic carbocycles. The first-order chi connectivity index (χ1) is 25.3. The highest BCUT2D eigenvalue weighted by Crippen LogP contribution is 2.40. The van der Waals surface area contributed by atoms with E-state index >= 15 is 0 Å². The van der Waals surface area contributed by atoms with Crippen molar-refractivity contribution in [1.29, 1.82) is 0 Å². The maximum absolute atomic E-state index is 6.39. The van der Waals surface area contributed by atoms with E-state index in [1.807, 2.05) is 12.1 Å². The minimum atomic E-state index is -2.92. The lowest BCUT2D eigenvalue weighted by Gasteiger charge is -2.30. The van der Waals surface area contributed by atoms with Crippen LogP contribution >= 0.6 is 0 Å². The van der Waals surface area contributed by atoms with Gasteiger partial charge in [0, 0.05) is 32.7 Å². The van der Waals surface area contributed by atoms with Crippen molar-refractivity contribution in [2.45, 2.75) is 0 Å². The summed E-state index contributed by atoms with van der Waals surface area (Å²) in [6.45, 7) is 0. The lowest BCUT2D eigenvalue weighted by atomic mass is 10.0. The minimum Gasteiger partial charge on any atom is -0.456 e. The van der Waals surface area contributed by atoms with Crippen LogP contribution < -0.4 is 20.9 Å². The van der Waals surface area contributed by atoms with Crippen molar-refractivity contribution in [3.8, 4) is 28.3 Å². The van der Waals surface area contributed by atoms with Gasteiger partial charge in [-0.2, -0.15) is 0 Å².